The van der Waals surface area contributed by atoms with Crippen molar-refractivity contribution in [3.63, 3.8) is 0 Å². The summed E-state index contributed by atoms with van der Waals surface area (Å²) in [4.78, 5) is 6.52. The molecule has 0 saturated carbocycles. The standard InChI is InChI=1S/C12H22N4/c1-9(2)16(4)6-5-14-12-7-10(3)11(13)8-15-12/h7-9H,5-6,13H2,1-4H3,(H,14,15). The first kappa shape index (κ1) is 12.8. The molecule has 1 heterocycles. The first-order chi connectivity index (χ1) is 7.50. The Balaban J connectivity index is 2.40. The summed E-state index contributed by atoms with van der Waals surface area (Å²) in [7, 11) is 2.12. The number of nitrogens with two attached hydrogens (primary N) is 1. The highest BCUT2D eigenvalue weighted by Crippen LogP contribution is 2.12. The van der Waals surface area contributed by atoms with E-state index in [2.05, 4.69) is 36.1 Å². The fourth-order valence-corrected chi connectivity index (χ4v) is 1.28. The van der Waals surface area contributed by atoms with E-state index in [9.17, 15) is 0 Å². The molecule has 4 nitrogen and oxygen atoms in total. The average molecular weight is 222 g/mol. The minimum absolute atomic E-state index is 0.572. The van der Waals surface area contributed by atoms with Gasteiger partial charge in [0.25, 0.3) is 0 Å². The van der Waals surface area contributed by atoms with E-state index in [4.69, 9.17) is 5.73 Å². The number of rotatable bonds is 5. The molecule has 0 radical (unpaired) electrons. The second-order valence-corrected chi connectivity index (χ2v) is 4.43. The smallest absolute Gasteiger partial charge is 0.126 e. The number of aryl methyl sites for hydroxylation is 1. The highest BCUT2D eigenvalue weighted by Gasteiger charge is 2.02. The number of hydrogen-bond donors (Lipinski definition) is 2. The van der Waals surface area contributed by atoms with Crippen LogP contribution in [0.5, 0.6) is 0 Å². The Bertz CT molecular complexity index is 336. The lowest BCUT2D eigenvalue weighted by Gasteiger charge is -2.21. The molecule has 0 aromatic carbocycles. The number of nitrogens with one attached hydrogen (secondary N) is 1. The van der Waals surface area contributed by atoms with Crippen LogP contribution in [0.4, 0.5) is 11.5 Å². The summed E-state index contributed by atoms with van der Waals surface area (Å²) in [5.41, 5.74) is 7.51. The van der Waals surface area contributed by atoms with Gasteiger partial charge in [0, 0.05) is 19.1 Å². The molecule has 1 aromatic rings. The van der Waals surface area contributed by atoms with Gasteiger partial charge in [-0.05, 0) is 39.4 Å². The van der Waals surface area contributed by atoms with Gasteiger partial charge in [-0.25, -0.2) is 4.98 Å². The van der Waals surface area contributed by atoms with Crippen molar-refractivity contribution in [1.29, 1.82) is 0 Å². The zero-order chi connectivity index (χ0) is 12.1. The molecule has 0 saturated heterocycles. The Hall–Kier alpha value is -1.29. The van der Waals surface area contributed by atoms with Crippen molar-refractivity contribution in [1.82, 2.24) is 9.88 Å². The monoisotopic (exact) mass is 222 g/mol. The van der Waals surface area contributed by atoms with Crippen LogP contribution in [-0.2, 0) is 0 Å². The quantitative estimate of drug-likeness (QED) is 0.796. The minimum atomic E-state index is 0.572. The van der Waals surface area contributed by atoms with Gasteiger partial charge >= 0.3 is 0 Å². The van der Waals surface area contributed by atoms with E-state index in [1.165, 1.54) is 0 Å². The Morgan fingerprint density at radius 2 is 2.19 bits per heavy atom. The Morgan fingerprint density at radius 3 is 2.75 bits per heavy atom. The number of nitrogens with zero attached hydrogens (tertiary/aromatic N) is 2. The van der Waals surface area contributed by atoms with Gasteiger partial charge in [-0.3, -0.25) is 0 Å². The molecule has 0 aliphatic heterocycles. The van der Waals surface area contributed by atoms with Gasteiger partial charge in [-0.15, -0.1) is 0 Å². The number of likely N-dealkylation sites (N-methyl/N-ethyl adjacent to an activating group) is 1. The summed E-state index contributed by atoms with van der Waals surface area (Å²) in [6, 6.07) is 2.55. The summed E-state index contributed by atoms with van der Waals surface area (Å²) in [6.07, 6.45) is 1.70. The topological polar surface area (TPSA) is 54.2 Å². The molecule has 1 rings (SSSR count). The zero-order valence-electron chi connectivity index (χ0n) is 10.6. The van der Waals surface area contributed by atoms with Crippen molar-refractivity contribution in [2.45, 2.75) is 26.8 Å². The van der Waals surface area contributed by atoms with Crippen LogP contribution in [0.1, 0.15) is 19.4 Å². The molecule has 90 valence electrons. The second kappa shape index (κ2) is 5.70. The molecule has 0 fully saturated rings. The molecular formula is C12H22N4. The van der Waals surface area contributed by atoms with Crippen LogP contribution in [-0.4, -0.2) is 36.1 Å². The number of anilines is 2. The van der Waals surface area contributed by atoms with Gasteiger partial charge < -0.3 is 16.0 Å². The summed E-state index contributed by atoms with van der Waals surface area (Å²) >= 11 is 0. The van der Waals surface area contributed by atoms with Crippen molar-refractivity contribution in [2.24, 2.45) is 0 Å². The van der Waals surface area contributed by atoms with Crippen molar-refractivity contribution >= 4 is 11.5 Å². The van der Waals surface area contributed by atoms with Gasteiger partial charge in [0.05, 0.1) is 11.9 Å². The minimum Gasteiger partial charge on any atom is -0.397 e. The van der Waals surface area contributed by atoms with Gasteiger partial charge in [0.1, 0.15) is 5.82 Å². The average Bonchev–Trinajstić information content (AvgIpc) is 2.23. The highest BCUT2D eigenvalue weighted by molar-refractivity contribution is 5.50. The first-order valence-electron chi connectivity index (χ1n) is 5.67. The van der Waals surface area contributed by atoms with Gasteiger partial charge in [0.15, 0.2) is 0 Å². The van der Waals surface area contributed by atoms with Crippen molar-refractivity contribution in [3.8, 4) is 0 Å². The molecule has 1 aromatic heterocycles. The molecule has 0 bridgehead atoms. The largest absolute Gasteiger partial charge is 0.397 e. The van der Waals surface area contributed by atoms with E-state index < -0.39 is 0 Å². The second-order valence-electron chi connectivity index (χ2n) is 4.43. The van der Waals surface area contributed by atoms with Crippen molar-refractivity contribution < 1.29 is 0 Å². The number of pyridine rings is 1. The Kier molecular flexibility index (Phi) is 4.55. The Labute approximate surface area is 97.9 Å². The lowest BCUT2D eigenvalue weighted by atomic mass is 10.2. The van der Waals surface area contributed by atoms with Crippen LogP contribution in [0.15, 0.2) is 12.3 Å². The third-order valence-corrected chi connectivity index (χ3v) is 2.80. The maximum atomic E-state index is 5.71. The zero-order valence-corrected chi connectivity index (χ0v) is 10.6. The van der Waals surface area contributed by atoms with Crippen LogP contribution in [0.3, 0.4) is 0 Å². The summed E-state index contributed by atoms with van der Waals surface area (Å²) in [6.45, 7) is 8.26. The molecule has 16 heavy (non-hydrogen) atoms. The molecule has 0 atom stereocenters. The van der Waals surface area contributed by atoms with Crippen LogP contribution in [0.2, 0.25) is 0 Å². The molecule has 0 aliphatic rings. The van der Waals surface area contributed by atoms with E-state index in [1.807, 2.05) is 13.0 Å². The molecule has 3 N–H and O–H groups in total. The molecular weight excluding hydrogens is 200 g/mol. The van der Waals surface area contributed by atoms with Crippen molar-refractivity contribution in [2.75, 3.05) is 31.2 Å². The van der Waals surface area contributed by atoms with E-state index in [0.717, 1.165) is 30.2 Å². The Morgan fingerprint density at radius 1 is 1.50 bits per heavy atom. The third-order valence-electron chi connectivity index (χ3n) is 2.80. The number of hydrogen-bond acceptors (Lipinski definition) is 4. The highest BCUT2D eigenvalue weighted by atomic mass is 15.1. The summed E-state index contributed by atoms with van der Waals surface area (Å²) < 4.78 is 0. The molecule has 0 amide bonds. The van der Waals surface area contributed by atoms with Gasteiger partial charge in [0.2, 0.25) is 0 Å². The van der Waals surface area contributed by atoms with Crippen LogP contribution >= 0.6 is 0 Å². The predicted molar refractivity (Wildman–Crippen MR) is 69.6 cm³/mol. The normalized spacial score (nSPS) is 11.1. The number of aromatic nitrogens is 1. The van der Waals surface area contributed by atoms with Gasteiger partial charge in [-0.1, -0.05) is 0 Å². The SMILES string of the molecule is Cc1cc(NCCN(C)C(C)C)ncc1N. The molecule has 0 unspecified atom stereocenters. The van der Waals surface area contributed by atoms with Crippen molar-refractivity contribution in [3.05, 3.63) is 17.8 Å². The van der Waals surface area contributed by atoms with E-state index >= 15 is 0 Å². The summed E-state index contributed by atoms with van der Waals surface area (Å²) in [5.74, 6) is 0.892. The fourth-order valence-electron chi connectivity index (χ4n) is 1.28. The van der Waals surface area contributed by atoms with Crippen LogP contribution < -0.4 is 11.1 Å². The number of nitrogen functional groups attached to an aromatic ring is 1. The lowest BCUT2D eigenvalue weighted by molar-refractivity contribution is 0.284. The molecule has 4 heteroatoms. The van der Waals surface area contributed by atoms with E-state index in [-0.39, 0.29) is 0 Å². The predicted octanol–water partition coefficient (Wildman–Crippen LogP) is 1.72. The lowest BCUT2D eigenvalue weighted by Crippen LogP contribution is -2.31. The van der Waals surface area contributed by atoms with Crippen LogP contribution in [0.25, 0.3) is 0 Å². The maximum Gasteiger partial charge on any atom is 0.126 e. The molecule has 0 spiro atoms. The van der Waals surface area contributed by atoms with Gasteiger partial charge in [-0.2, -0.15) is 0 Å². The third kappa shape index (κ3) is 3.70. The molecule has 0 aliphatic carbocycles. The van der Waals surface area contributed by atoms with E-state index in [0.29, 0.717) is 6.04 Å². The van der Waals surface area contributed by atoms with E-state index in [1.54, 1.807) is 6.20 Å². The first-order valence-corrected chi connectivity index (χ1v) is 5.67. The summed E-state index contributed by atoms with van der Waals surface area (Å²) in [5, 5.41) is 3.29. The maximum absolute atomic E-state index is 5.71. The fraction of sp³-hybridized carbons (Fsp3) is 0.583. The van der Waals surface area contributed by atoms with Crippen LogP contribution in [0, 0.1) is 6.92 Å².